The van der Waals surface area contributed by atoms with Gasteiger partial charge in [-0.2, -0.15) is 10.2 Å². The molecule has 13 heteroatoms. The monoisotopic (exact) mass is 626 g/mol. The SMILES string of the molecule is COc1ccc(F)cc1C(Cn1c(=O)n(C(C)(C)C(=O)N2CCCCC2)c(=O)c2c(C)c(-n3nccn3)sc21)OCC(C)C. The molecular weight excluding hydrogens is 587 g/mol. The maximum absolute atomic E-state index is 14.6. The van der Waals surface area contributed by atoms with Gasteiger partial charge in [-0.1, -0.05) is 25.2 Å². The van der Waals surface area contributed by atoms with Gasteiger partial charge in [0.15, 0.2) is 0 Å². The number of aromatic nitrogens is 5. The zero-order chi connectivity index (χ0) is 31.8. The molecule has 11 nitrogen and oxygen atoms in total. The van der Waals surface area contributed by atoms with Gasteiger partial charge in [0.05, 0.1) is 31.4 Å². The molecule has 0 bridgehead atoms. The molecule has 0 aliphatic carbocycles. The van der Waals surface area contributed by atoms with Crippen LogP contribution in [0.5, 0.6) is 5.75 Å². The standard InChI is InChI=1S/C31H39FN6O5S/c1-19(2)18-43-24(22-16-21(32)10-11-23(22)42-6)17-36-28-25(20(3)27(44-28)38-33-12-13-34-38)26(39)37(30(36)41)31(4,5)29(40)35-14-8-7-9-15-35/h10-13,16,19,24H,7-9,14-15,17-18H2,1-6H3. The third-order valence-electron chi connectivity index (χ3n) is 8.03. The van der Waals surface area contributed by atoms with E-state index in [4.69, 9.17) is 9.47 Å². The number of benzene rings is 1. The highest BCUT2D eigenvalue weighted by molar-refractivity contribution is 7.21. The minimum absolute atomic E-state index is 0.0674. The quantitative estimate of drug-likeness (QED) is 0.256. The van der Waals surface area contributed by atoms with Crippen molar-refractivity contribution in [3.8, 4) is 10.8 Å². The van der Waals surface area contributed by atoms with Crippen LogP contribution in [0.1, 0.15) is 64.2 Å². The number of carbonyl (C=O) groups excluding carboxylic acids is 1. The second kappa shape index (κ2) is 12.6. The summed E-state index contributed by atoms with van der Waals surface area (Å²) in [7, 11) is 1.49. The Kier molecular flexibility index (Phi) is 9.07. The van der Waals surface area contributed by atoms with Crippen LogP contribution in [0, 0.1) is 18.7 Å². The molecule has 4 aromatic rings. The molecule has 0 spiro atoms. The third kappa shape index (κ3) is 5.82. The Labute approximate surface area is 258 Å². The van der Waals surface area contributed by atoms with Crippen molar-refractivity contribution in [1.82, 2.24) is 29.0 Å². The van der Waals surface area contributed by atoms with E-state index in [9.17, 15) is 18.8 Å². The number of aryl methyl sites for hydroxylation is 1. The number of amides is 1. The van der Waals surface area contributed by atoms with E-state index in [0.29, 0.717) is 46.4 Å². The van der Waals surface area contributed by atoms with Crippen LogP contribution in [0.15, 0.2) is 40.2 Å². The van der Waals surface area contributed by atoms with Crippen molar-refractivity contribution in [3.05, 3.63) is 68.4 Å². The van der Waals surface area contributed by atoms with E-state index in [1.165, 1.54) is 58.4 Å². The molecule has 1 amide bonds. The molecule has 0 saturated carbocycles. The Morgan fingerprint density at radius 3 is 2.43 bits per heavy atom. The van der Waals surface area contributed by atoms with Crippen molar-refractivity contribution in [2.24, 2.45) is 5.92 Å². The van der Waals surface area contributed by atoms with Crippen molar-refractivity contribution < 1.29 is 18.7 Å². The number of hydrogen-bond acceptors (Lipinski definition) is 8. The van der Waals surface area contributed by atoms with Crippen LogP contribution in [-0.2, 0) is 21.6 Å². The highest BCUT2D eigenvalue weighted by atomic mass is 32.1. The number of nitrogens with zero attached hydrogens (tertiary/aromatic N) is 6. The first-order chi connectivity index (χ1) is 20.9. The van der Waals surface area contributed by atoms with Gasteiger partial charge in [0.25, 0.3) is 5.56 Å². The molecule has 1 unspecified atom stereocenters. The van der Waals surface area contributed by atoms with Crippen LogP contribution in [0.2, 0.25) is 0 Å². The van der Waals surface area contributed by atoms with Gasteiger partial charge in [0, 0.05) is 30.8 Å². The van der Waals surface area contributed by atoms with Crippen LogP contribution >= 0.6 is 11.3 Å². The van der Waals surface area contributed by atoms with Crippen molar-refractivity contribution in [2.45, 2.75) is 72.1 Å². The van der Waals surface area contributed by atoms with Gasteiger partial charge < -0.3 is 14.4 Å². The summed E-state index contributed by atoms with van der Waals surface area (Å²) in [6, 6.07) is 4.16. The fraction of sp³-hybridized carbons (Fsp3) is 0.516. The number of piperidine rings is 1. The van der Waals surface area contributed by atoms with Gasteiger partial charge in [0.1, 0.15) is 33.0 Å². The molecular formula is C31H39FN6O5S. The first kappa shape index (κ1) is 31.6. The van der Waals surface area contributed by atoms with E-state index < -0.39 is 28.7 Å². The van der Waals surface area contributed by atoms with E-state index >= 15 is 0 Å². The summed E-state index contributed by atoms with van der Waals surface area (Å²) in [6.07, 6.45) is 5.01. The van der Waals surface area contributed by atoms with Gasteiger partial charge in [-0.05, 0) is 64.2 Å². The fourth-order valence-corrected chi connectivity index (χ4v) is 6.97. The second-order valence-electron chi connectivity index (χ2n) is 12.1. The van der Waals surface area contributed by atoms with E-state index in [1.54, 1.807) is 25.7 Å². The molecule has 0 N–H and O–H groups in total. The maximum Gasteiger partial charge on any atom is 0.333 e. The number of halogens is 1. The van der Waals surface area contributed by atoms with E-state index in [1.807, 2.05) is 13.8 Å². The van der Waals surface area contributed by atoms with Gasteiger partial charge in [-0.3, -0.25) is 14.2 Å². The molecule has 1 saturated heterocycles. The molecule has 1 fully saturated rings. The predicted octanol–water partition coefficient (Wildman–Crippen LogP) is 4.42. The molecule has 0 radical (unpaired) electrons. The summed E-state index contributed by atoms with van der Waals surface area (Å²) in [5, 5.41) is 9.35. The summed E-state index contributed by atoms with van der Waals surface area (Å²) in [4.78, 5) is 46.3. The number of carbonyl (C=O) groups is 1. The van der Waals surface area contributed by atoms with E-state index in [-0.39, 0.29) is 23.8 Å². The predicted molar refractivity (Wildman–Crippen MR) is 166 cm³/mol. The Balaban J connectivity index is 1.76. The fourth-order valence-electron chi connectivity index (χ4n) is 5.75. The zero-order valence-corrected chi connectivity index (χ0v) is 26.8. The Morgan fingerprint density at radius 1 is 1.11 bits per heavy atom. The zero-order valence-electron chi connectivity index (χ0n) is 26.0. The number of methoxy groups -OCH3 is 1. The molecule has 1 aliphatic rings. The van der Waals surface area contributed by atoms with Crippen molar-refractivity contribution in [2.75, 3.05) is 26.8 Å². The maximum atomic E-state index is 14.6. The van der Waals surface area contributed by atoms with Crippen LogP contribution in [-0.4, -0.2) is 61.7 Å². The minimum Gasteiger partial charge on any atom is -0.496 e. The molecule has 236 valence electrons. The normalized spacial score (nSPS) is 14.9. The summed E-state index contributed by atoms with van der Waals surface area (Å²) >= 11 is 1.20. The number of ether oxygens (including phenoxy) is 2. The highest BCUT2D eigenvalue weighted by Gasteiger charge is 2.39. The Morgan fingerprint density at radius 2 is 1.80 bits per heavy atom. The van der Waals surface area contributed by atoms with Gasteiger partial charge >= 0.3 is 5.69 Å². The van der Waals surface area contributed by atoms with Crippen LogP contribution < -0.4 is 16.0 Å². The van der Waals surface area contributed by atoms with Gasteiger partial charge in [-0.25, -0.2) is 13.8 Å². The molecule has 44 heavy (non-hydrogen) atoms. The first-order valence-electron chi connectivity index (χ1n) is 14.9. The molecule has 1 atom stereocenters. The average Bonchev–Trinajstić information content (AvgIpc) is 3.65. The summed E-state index contributed by atoms with van der Waals surface area (Å²) < 4.78 is 29.0. The number of fused-ring (bicyclic) bond motifs is 1. The van der Waals surface area contributed by atoms with Gasteiger partial charge in [0.2, 0.25) is 5.91 Å². The Bertz CT molecular complexity index is 1770. The molecule has 4 heterocycles. The van der Waals surface area contributed by atoms with Crippen LogP contribution in [0.25, 0.3) is 15.2 Å². The summed E-state index contributed by atoms with van der Waals surface area (Å²) in [6.45, 7) is 10.4. The second-order valence-corrected chi connectivity index (χ2v) is 13.1. The number of rotatable bonds is 10. The lowest BCUT2D eigenvalue weighted by molar-refractivity contribution is -0.140. The Hall–Kier alpha value is -3.84. The van der Waals surface area contributed by atoms with E-state index in [0.717, 1.165) is 23.8 Å². The lowest BCUT2D eigenvalue weighted by Crippen LogP contribution is -2.57. The third-order valence-corrected chi connectivity index (χ3v) is 9.31. The lowest BCUT2D eigenvalue weighted by Gasteiger charge is -2.35. The smallest absolute Gasteiger partial charge is 0.333 e. The lowest BCUT2D eigenvalue weighted by atomic mass is 10.00. The molecule has 1 aliphatic heterocycles. The van der Waals surface area contributed by atoms with Crippen molar-refractivity contribution in [1.29, 1.82) is 0 Å². The van der Waals surface area contributed by atoms with Crippen LogP contribution in [0.3, 0.4) is 0 Å². The molecule has 3 aromatic heterocycles. The minimum atomic E-state index is -1.48. The molecule has 5 rings (SSSR count). The summed E-state index contributed by atoms with van der Waals surface area (Å²) in [5.74, 6) is -0.218. The first-order valence-corrected chi connectivity index (χ1v) is 15.7. The number of hydrogen-bond donors (Lipinski definition) is 0. The van der Waals surface area contributed by atoms with Gasteiger partial charge in [-0.15, -0.1) is 4.80 Å². The van der Waals surface area contributed by atoms with Crippen LogP contribution in [0.4, 0.5) is 4.39 Å². The number of thiophene rings is 1. The summed E-state index contributed by atoms with van der Waals surface area (Å²) in [5.41, 5.74) is -1.70. The average molecular weight is 627 g/mol. The topological polar surface area (TPSA) is 113 Å². The largest absolute Gasteiger partial charge is 0.496 e. The number of likely N-dealkylation sites (tertiary alicyclic amines) is 1. The van der Waals surface area contributed by atoms with Crippen molar-refractivity contribution in [3.63, 3.8) is 0 Å². The molecule has 1 aromatic carbocycles. The van der Waals surface area contributed by atoms with Crippen molar-refractivity contribution >= 4 is 27.5 Å². The highest BCUT2D eigenvalue weighted by Crippen LogP contribution is 2.34. The van der Waals surface area contributed by atoms with E-state index in [2.05, 4.69) is 10.2 Å².